The minimum atomic E-state index is -0.886. The largest absolute Gasteiger partial charge is 0.489 e. The van der Waals surface area contributed by atoms with Gasteiger partial charge in [0.05, 0.1) is 27.5 Å². The molecule has 6 heterocycles. The number of rotatable bonds is 10. The second-order valence-electron chi connectivity index (χ2n) is 20.4. The Morgan fingerprint density at radius 1 is 0.926 bits per heavy atom. The molecule has 9 rings (SSSR count). The van der Waals surface area contributed by atoms with Crippen LogP contribution in [0.2, 0.25) is 5.02 Å². The maximum atomic E-state index is 13.5. The van der Waals surface area contributed by atoms with E-state index in [1.807, 2.05) is 11.0 Å². The first kappa shape index (κ1) is 46.7. The zero-order chi connectivity index (χ0) is 47.9. The first-order valence-electron chi connectivity index (χ1n) is 23.7. The van der Waals surface area contributed by atoms with Crippen molar-refractivity contribution in [2.75, 3.05) is 50.7 Å². The molecule has 4 aliphatic heterocycles. The molecule has 5 aliphatic rings. The summed E-state index contributed by atoms with van der Waals surface area (Å²) in [4.78, 5) is 75.5. The van der Waals surface area contributed by atoms with Crippen molar-refractivity contribution in [3.05, 3.63) is 86.9 Å². The number of fused-ring (bicyclic) bond motifs is 1. The maximum Gasteiger partial charge on any atom is 0.278 e. The van der Waals surface area contributed by atoms with Crippen molar-refractivity contribution in [2.45, 2.75) is 90.8 Å². The Labute approximate surface area is 400 Å². The number of nitriles is 1. The highest BCUT2D eigenvalue weighted by atomic mass is 35.5. The number of piperidine rings is 3. The van der Waals surface area contributed by atoms with Gasteiger partial charge in [-0.05, 0) is 105 Å². The summed E-state index contributed by atoms with van der Waals surface area (Å²) in [6.07, 6.45) is 6.70. The Bertz CT molecular complexity index is 2770. The van der Waals surface area contributed by atoms with E-state index in [0.29, 0.717) is 63.4 Å². The molecule has 4 amide bonds. The van der Waals surface area contributed by atoms with Gasteiger partial charge in [0.2, 0.25) is 11.8 Å². The first-order chi connectivity index (χ1) is 32.6. The number of imide groups is 1. The van der Waals surface area contributed by atoms with Crippen LogP contribution >= 0.6 is 11.6 Å². The smallest absolute Gasteiger partial charge is 0.278 e. The van der Waals surface area contributed by atoms with E-state index in [0.717, 1.165) is 75.2 Å². The van der Waals surface area contributed by atoms with Crippen LogP contribution < -0.4 is 25.8 Å². The highest BCUT2D eigenvalue weighted by molar-refractivity contribution is 6.31. The Kier molecular flexibility index (Phi) is 13.0. The number of hydrogen-bond acceptors (Lipinski definition) is 12. The fourth-order valence-electron chi connectivity index (χ4n) is 11.2. The van der Waals surface area contributed by atoms with Crippen molar-refractivity contribution in [3.8, 4) is 23.7 Å². The standard InChI is InChI=1S/C51H57ClN10O6/c1-50(2)48(51(3,4)49(50)68-38-12-9-33(26-53)40(52)25-38)56-44(64)34-8-10-36(54-27-34)7-5-6-31-16-20-59(21-17-31)28-32-18-22-60(23-19-32)46(66)35-29-61(30-35)37-11-13-41-39(24-37)47(67)62(58-57-41)42-14-15-43(63)55-45(42)65/h8-13,24-25,27,31-32,35,42,48-49H,6,14-23,28-30H2,1-4H3,(H,56,64)(H,55,63,65)/t42?,48-,49-. The third-order valence-electron chi connectivity index (χ3n) is 15.0. The van der Waals surface area contributed by atoms with Gasteiger partial charge in [-0.3, -0.25) is 29.3 Å². The second-order valence-corrected chi connectivity index (χ2v) is 20.8. The van der Waals surface area contributed by atoms with E-state index in [2.05, 4.69) is 81.3 Å². The van der Waals surface area contributed by atoms with Gasteiger partial charge in [-0.25, -0.2) is 4.98 Å². The summed E-state index contributed by atoms with van der Waals surface area (Å²) in [5.74, 6) is 7.20. The quantitative estimate of drug-likeness (QED) is 0.158. The third-order valence-corrected chi connectivity index (χ3v) is 15.3. The van der Waals surface area contributed by atoms with Gasteiger partial charge in [-0.1, -0.05) is 50.4 Å². The fourth-order valence-corrected chi connectivity index (χ4v) is 11.4. The van der Waals surface area contributed by atoms with Crippen LogP contribution in [0.25, 0.3) is 10.9 Å². The van der Waals surface area contributed by atoms with Crippen molar-refractivity contribution in [1.29, 1.82) is 5.26 Å². The van der Waals surface area contributed by atoms with Crippen molar-refractivity contribution < 1.29 is 23.9 Å². The molecular weight excluding hydrogens is 884 g/mol. The van der Waals surface area contributed by atoms with E-state index in [1.165, 1.54) is 0 Å². The molecule has 354 valence electrons. The minimum Gasteiger partial charge on any atom is -0.489 e. The lowest BCUT2D eigenvalue weighted by Gasteiger charge is -2.63. The lowest BCUT2D eigenvalue weighted by Crippen LogP contribution is -2.74. The lowest BCUT2D eigenvalue weighted by molar-refractivity contribution is -0.164. The van der Waals surface area contributed by atoms with Crippen LogP contribution in [-0.4, -0.2) is 111 Å². The number of hydrogen-bond donors (Lipinski definition) is 2. The summed E-state index contributed by atoms with van der Waals surface area (Å²) in [6.45, 7) is 14.1. The number of carbonyl (C=O) groups excluding carboxylic acids is 4. The minimum absolute atomic E-state index is 0.0975. The van der Waals surface area contributed by atoms with Gasteiger partial charge in [-0.2, -0.15) is 9.94 Å². The average Bonchev–Trinajstić information content (AvgIpc) is 3.31. The molecule has 5 fully saturated rings. The molecule has 17 heteroatoms. The van der Waals surface area contributed by atoms with Crippen molar-refractivity contribution >= 4 is 51.8 Å². The number of pyridine rings is 1. The number of ether oxygens (including phenoxy) is 1. The summed E-state index contributed by atoms with van der Waals surface area (Å²) in [6, 6.07) is 15.0. The van der Waals surface area contributed by atoms with E-state index in [1.54, 1.807) is 48.7 Å². The van der Waals surface area contributed by atoms with Gasteiger partial charge < -0.3 is 24.8 Å². The summed E-state index contributed by atoms with van der Waals surface area (Å²) in [7, 11) is 0. The third kappa shape index (κ3) is 9.41. The number of halogens is 1. The van der Waals surface area contributed by atoms with Crippen molar-refractivity contribution in [2.24, 2.45) is 28.6 Å². The molecule has 2 aromatic carbocycles. The molecule has 4 saturated heterocycles. The van der Waals surface area contributed by atoms with Gasteiger partial charge in [0.15, 0.2) is 0 Å². The number of nitrogens with one attached hydrogen (secondary N) is 2. The molecule has 1 aliphatic carbocycles. The topological polar surface area (TPSA) is 196 Å². The lowest BCUT2D eigenvalue weighted by atomic mass is 9.49. The van der Waals surface area contributed by atoms with Gasteiger partial charge in [-0.15, -0.1) is 5.10 Å². The predicted molar refractivity (Wildman–Crippen MR) is 255 cm³/mol. The van der Waals surface area contributed by atoms with Crippen LogP contribution in [0.1, 0.15) is 100 Å². The summed E-state index contributed by atoms with van der Waals surface area (Å²) in [5.41, 5.74) is 1.55. The molecule has 0 radical (unpaired) electrons. The zero-order valence-electron chi connectivity index (χ0n) is 39.0. The van der Waals surface area contributed by atoms with Gasteiger partial charge >= 0.3 is 0 Å². The van der Waals surface area contributed by atoms with Crippen LogP contribution in [0.4, 0.5) is 5.69 Å². The Morgan fingerprint density at radius 2 is 1.66 bits per heavy atom. The fraction of sp³-hybridized carbons (Fsp3) is 0.510. The van der Waals surface area contributed by atoms with Crippen LogP contribution in [0.15, 0.2) is 59.5 Å². The number of amides is 4. The normalized spacial score (nSPS) is 23.1. The van der Waals surface area contributed by atoms with Crippen LogP contribution in [0, 0.1) is 51.8 Å². The molecule has 0 bridgehead atoms. The SMILES string of the molecule is CC1(C)[C@H](NC(=O)c2ccc(C#CCC3CCN(CC4CCN(C(=O)C5CN(c6ccc7nnn(C8CCC(=O)NC8=O)c(=O)c7c6)C5)CC4)CC3)nc2)C(C)(C)[C@H]1Oc1ccc(C#N)c(Cl)c1. The summed E-state index contributed by atoms with van der Waals surface area (Å²) in [5, 5.41) is 23.5. The molecular formula is C51H57ClN10O6. The summed E-state index contributed by atoms with van der Waals surface area (Å²) < 4.78 is 7.43. The monoisotopic (exact) mass is 940 g/mol. The number of benzene rings is 2. The van der Waals surface area contributed by atoms with Gasteiger partial charge in [0, 0.05) is 80.4 Å². The van der Waals surface area contributed by atoms with E-state index in [-0.39, 0.29) is 59.5 Å². The maximum absolute atomic E-state index is 13.5. The molecule has 1 atom stereocenters. The van der Waals surface area contributed by atoms with Gasteiger partial charge in [0.1, 0.15) is 35.2 Å². The average molecular weight is 942 g/mol. The van der Waals surface area contributed by atoms with Gasteiger partial charge in [0.25, 0.3) is 17.4 Å². The zero-order valence-corrected chi connectivity index (χ0v) is 39.7. The Hall–Kier alpha value is -6.36. The van der Waals surface area contributed by atoms with Crippen LogP contribution in [0.3, 0.4) is 0 Å². The number of carbonyl (C=O) groups is 4. The molecule has 68 heavy (non-hydrogen) atoms. The number of likely N-dealkylation sites (tertiary alicyclic amines) is 2. The van der Waals surface area contributed by atoms with E-state index in [4.69, 9.17) is 16.3 Å². The predicted octanol–water partition coefficient (Wildman–Crippen LogP) is 5.13. The molecule has 16 nitrogen and oxygen atoms in total. The highest BCUT2D eigenvalue weighted by Crippen LogP contribution is 2.55. The number of anilines is 1. The number of aromatic nitrogens is 4. The Morgan fingerprint density at radius 3 is 2.34 bits per heavy atom. The van der Waals surface area contributed by atoms with Crippen molar-refractivity contribution in [3.63, 3.8) is 0 Å². The van der Waals surface area contributed by atoms with E-state index in [9.17, 15) is 29.2 Å². The Balaban J connectivity index is 0.676. The van der Waals surface area contributed by atoms with E-state index >= 15 is 0 Å². The van der Waals surface area contributed by atoms with E-state index < -0.39 is 17.5 Å². The molecule has 1 saturated carbocycles. The number of nitrogens with zero attached hydrogens (tertiary/aromatic N) is 8. The van der Waals surface area contributed by atoms with Crippen molar-refractivity contribution in [1.82, 2.24) is 40.4 Å². The molecule has 2 N–H and O–H groups in total. The molecule has 4 aromatic rings. The second kappa shape index (κ2) is 19.0. The first-order valence-corrected chi connectivity index (χ1v) is 24.1. The van der Waals surface area contributed by atoms with Crippen LogP contribution in [0.5, 0.6) is 5.75 Å². The molecule has 1 unspecified atom stereocenters. The highest BCUT2D eigenvalue weighted by Gasteiger charge is 2.64. The van der Waals surface area contributed by atoms with Crippen LogP contribution in [-0.2, 0) is 14.4 Å². The molecule has 0 spiro atoms. The summed E-state index contributed by atoms with van der Waals surface area (Å²) >= 11 is 6.25. The molecule has 2 aromatic heterocycles.